The molecule has 2 aliphatic rings. The third kappa shape index (κ3) is 1.76. The Bertz CT molecular complexity index is 417. The number of carbonyl (C=O) groups is 2. The van der Waals surface area contributed by atoms with Crippen molar-refractivity contribution in [3.05, 3.63) is 0 Å². The van der Waals surface area contributed by atoms with E-state index in [2.05, 4.69) is 34.6 Å². The maximum absolute atomic E-state index is 13.3. The molecule has 0 amide bonds. The molecule has 114 valence electrons. The lowest BCUT2D eigenvalue weighted by Gasteiger charge is -2.40. The van der Waals surface area contributed by atoms with E-state index in [4.69, 9.17) is 0 Å². The monoisotopic (exact) mass is 278 g/mol. The first-order chi connectivity index (χ1) is 9.27. The fourth-order valence-corrected chi connectivity index (χ4v) is 4.90. The molecular formula is C18H30O2. The first kappa shape index (κ1) is 15.7. The highest BCUT2D eigenvalue weighted by Crippen LogP contribution is 2.71. The Morgan fingerprint density at radius 1 is 1.10 bits per heavy atom. The van der Waals surface area contributed by atoms with E-state index in [-0.39, 0.29) is 22.2 Å². The van der Waals surface area contributed by atoms with Crippen molar-refractivity contribution in [1.29, 1.82) is 0 Å². The van der Waals surface area contributed by atoms with E-state index >= 15 is 0 Å². The predicted octanol–water partition coefficient (Wildman–Crippen LogP) is 4.56. The van der Waals surface area contributed by atoms with Crippen LogP contribution in [0.25, 0.3) is 0 Å². The van der Waals surface area contributed by atoms with Crippen LogP contribution in [0, 0.1) is 22.2 Å². The van der Waals surface area contributed by atoms with Gasteiger partial charge in [0.15, 0.2) is 0 Å². The van der Waals surface area contributed by atoms with Gasteiger partial charge in [-0.15, -0.1) is 0 Å². The maximum Gasteiger partial charge on any atom is 0.143 e. The van der Waals surface area contributed by atoms with E-state index in [1.165, 1.54) is 0 Å². The van der Waals surface area contributed by atoms with Gasteiger partial charge >= 0.3 is 0 Å². The molecule has 0 N–H and O–H groups in total. The molecule has 20 heavy (non-hydrogen) atoms. The van der Waals surface area contributed by atoms with E-state index in [0.717, 1.165) is 38.5 Å². The van der Waals surface area contributed by atoms with Crippen LogP contribution in [-0.4, -0.2) is 11.6 Å². The van der Waals surface area contributed by atoms with Gasteiger partial charge in [0.25, 0.3) is 0 Å². The Kier molecular flexibility index (Phi) is 3.90. The van der Waals surface area contributed by atoms with Gasteiger partial charge in [0.05, 0.1) is 0 Å². The molecule has 0 spiro atoms. The molecule has 2 nitrogen and oxygen atoms in total. The van der Waals surface area contributed by atoms with Crippen LogP contribution in [-0.2, 0) is 9.59 Å². The van der Waals surface area contributed by atoms with Crippen molar-refractivity contribution in [2.75, 3.05) is 0 Å². The van der Waals surface area contributed by atoms with E-state index in [9.17, 15) is 9.59 Å². The van der Waals surface area contributed by atoms with Gasteiger partial charge in [-0.3, -0.25) is 9.59 Å². The highest BCUT2D eigenvalue weighted by molar-refractivity contribution is 6.01. The Labute approximate surface area is 123 Å². The largest absolute Gasteiger partial charge is 0.299 e. The molecule has 0 aromatic rings. The van der Waals surface area contributed by atoms with E-state index in [1.807, 2.05) is 0 Å². The van der Waals surface area contributed by atoms with Crippen molar-refractivity contribution in [1.82, 2.24) is 0 Å². The quantitative estimate of drug-likeness (QED) is 0.714. The summed E-state index contributed by atoms with van der Waals surface area (Å²) in [6, 6.07) is 0. The fraction of sp³-hybridized carbons (Fsp3) is 0.889. The summed E-state index contributed by atoms with van der Waals surface area (Å²) in [7, 11) is 0. The topological polar surface area (TPSA) is 34.1 Å². The number of hydrogen-bond donors (Lipinski definition) is 0. The predicted molar refractivity (Wildman–Crippen MR) is 81.5 cm³/mol. The molecule has 2 atom stereocenters. The molecule has 2 unspecified atom stereocenters. The first-order valence-electron chi connectivity index (χ1n) is 8.34. The number of hydrogen-bond acceptors (Lipinski definition) is 2. The van der Waals surface area contributed by atoms with Crippen molar-refractivity contribution in [3.8, 4) is 0 Å². The van der Waals surface area contributed by atoms with Crippen molar-refractivity contribution in [3.63, 3.8) is 0 Å². The Hall–Kier alpha value is -0.660. The van der Waals surface area contributed by atoms with Crippen molar-refractivity contribution >= 4 is 11.6 Å². The molecule has 0 saturated heterocycles. The van der Waals surface area contributed by atoms with Crippen LogP contribution in [0.3, 0.4) is 0 Å². The van der Waals surface area contributed by atoms with Gasteiger partial charge < -0.3 is 0 Å². The molecule has 2 aliphatic carbocycles. The zero-order chi connectivity index (χ0) is 15.2. The number of rotatable bonds is 6. The van der Waals surface area contributed by atoms with Gasteiger partial charge in [0.2, 0.25) is 0 Å². The Morgan fingerprint density at radius 3 is 2.00 bits per heavy atom. The van der Waals surface area contributed by atoms with E-state index < -0.39 is 0 Å². The Morgan fingerprint density at radius 2 is 1.65 bits per heavy atom. The standard InChI is InChI=1S/C18H30O2/c1-6-8-13(9-7-2)15(20)18-11-10-17(5,14(19)12-18)16(18,3)4/h13H,6-12H2,1-5H3. The molecule has 0 aromatic carbocycles. The van der Waals surface area contributed by atoms with Crippen LogP contribution in [0.15, 0.2) is 0 Å². The van der Waals surface area contributed by atoms with Crippen molar-refractivity contribution in [2.45, 2.75) is 79.6 Å². The third-order valence-electron chi connectivity index (χ3n) is 6.82. The average molecular weight is 278 g/mol. The average Bonchev–Trinajstić information content (AvgIpc) is 2.68. The molecule has 0 heterocycles. The summed E-state index contributed by atoms with van der Waals surface area (Å²) in [5, 5.41) is 0. The molecular weight excluding hydrogens is 248 g/mol. The van der Waals surface area contributed by atoms with Gasteiger partial charge in [0, 0.05) is 23.2 Å². The number of Topliss-reactive ketones (excluding diaryl/α,β-unsaturated/α-hetero) is 2. The zero-order valence-corrected chi connectivity index (χ0v) is 13.8. The van der Waals surface area contributed by atoms with Gasteiger partial charge in [-0.25, -0.2) is 0 Å². The van der Waals surface area contributed by atoms with Crippen LogP contribution < -0.4 is 0 Å². The SMILES string of the molecule is CCCC(CCC)C(=O)C12CCC(C)(C(=O)C1)C2(C)C. The molecule has 0 radical (unpaired) electrons. The number of carbonyl (C=O) groups excluding carboxylic acids is 2. The van der Waals surface area contributed by atoms with Gasteiger partial charge in [-0.2, -0.15) is 0 Å². The van der Waals surface area contributed by atoms with Crippen LogP contribution in [0.2, 0.25) is 0 Å². The van der Waals surface area contributed by atoms with Crippen LogP contribution >= 0.6 is 0 Å². The number of fused-ring (bicyclic) bond motifs is 2. The van der Waals surface area contributed by atoms with Crippen LogP contribution in [0.1, 0.15) is 79.6 Å². The second kappa shape index (κ2) is 4.96. The summed E-state index contributed by atoms with van der Waals surface area (Å²) >= 11 is 0. The second-order valence-corrected chi connectivity index (χ2v) is 7.78. The van der Waals surface area contributed by atoms with Crippen molar-refractivity contribution < 1.29 is 9.59 Å². The summed E-state index contributed by atoms with van der Waals surface area (Å²) in [6.07, 6.45) is 6.39. The van der Waals surface area contributed by atoms with E-state index in [1.54, 1.807) is 0 Å². The van der Waals surface area contributed by atoms with Crippen LogP contribution in [0.5, 0.6) is 0 Å². The highest BCUT2D eigenvalue weighted by Gasteiger charge is 2.72. The molecule has 2 saturated carbocycles. The molecule has 2 bridgehead atoms. The fourth-order valence-electron chi connectivity index (χ4n) is 4.90. The van der Waals surface area contributed by atoms with Gasteiger partial charge in [0.1, 0.15) is 11.6 Å². The second-order valence-electron chi connectivity index (χ2n) is 7.78. The van der Waals surface area contributed by atoms with Gasteiger partial charge in [-0.1, -0.05) is 47.5 Å². The summed E-state index contributed by atoms with van der Waals surface area (Å²) in [4.78, 5) is 25.7. The minimum absolute atomic E-state index is 0.164. The lowest BCUT2D eigenvalue weighted by Crippen LogP contribution is -2.43. The first-order valence-corrected chi connectivity index (χ1v) is 8.34. The summed E-state index contributed by atoms with van der Waals surface area (Å²) in [5.74, 6) is 0.896. The Balaban J connectivity index is 2.36. The summed E-state index contributed by atoms with van der Waals surface area (Å²) in [6.45, 7) is 10.7. The van der Waals surface area contributed by atoms with Crippen molar-refractivity contribution in [2.24, 2.45) is 22.2 Å². The molecule has 0 aliphatic heterocycles. The highest BCUT2D eigenvalue weighted by atomic mass is 16.1. The number of ketones is 2. The lowest BCUT2D eigenvalue weighted by atomic mass is 9.61. The molecule has 2 heteroatoms. The molecule has 2 fully saturated rings. The normalized spacial score (nSPS) is 35.0. The van der Waals surface area contributed by atoms with Gasteiger partial charge in [-0.05, 0) is 31.1 Å². The molecule has 2 rings (SSSR count). The van der Waals surface area contributed by atoms with Crippen LogP contribution in [0.4, 0.5) is 0 Å². The lowest BCUT2D eigenvalue weighted by molar-refractivity contribution is -0.139. The zero-order valence-electron chi connectivity index (χ0n) is 13.8. The minimum atomic E-state index is -0.367. The minimum Gasteiger partial charge on any atom is -0.299 e. The summed E-state index contributed by atoms with van der Waals surface area (Å²) < 4.78 is 0. The maximum atomic E-state index is 13.3. The summed E-state index contributed by atoms with van der Waals surface area (Å²) in [5.41, 5.74) is -0.812. The van der Waals surface area contributed by atoms with E-state index in [0.29, 0.717) is 18.0 Å². The third-order valence-corrected chi connectivity index (χ3v) is 6.82. The molecule has 0 aromatic heterocycles. The smallest absolute Gasteiger partial charge is 0.143 e.